The maximum Gasteiger partial charge on any atom is 0.407 e. The van der Waals surface area contributed by atoms with Crippen LogP contribution in [-0.4, -0.2) is 109 Å². The molecule has 0 bridgehead atoms. The molecule has 0 aromatic heterocycles. The van der Waals surface area contributed by atoms with Crippen LogP contribution in [0.5, 0.6) is 0 Å². The van der Waals surface area contributed by atoms with Gasteiger partial charge in [-0.1, -0.05) is 133 Å². The minimum atomic E-state index is -4.75. The van der Waals surface area contributed by atoms with Crippen LogP contribution in [0, 0.1) is 23.2 Å². The van der Waals surface area contributed by atoms with E-state index in [9.17, 15) is 46.7 Å². The number of ether oxygens (including phenoxy) is 1. The number of halogens is 3. The fraction of sp³-hybridized carbons (Fsp3) is 0.554. The molecule has 1 fully saturated rings. The van der Waals surface area contributed by atoms with Gasteiger partial charge in [0.2, 0.25) is 29.5 Å². The lowest BCUT2D eigenvalue weighted by Gasteiger charge is -2.40. The second-order valence-corrected chi connectivity index (χ2v) is 19.8. The number of imide groups is 1. The molecule has 0 saturated carbocycles. The van der Waals surface area contributed by atoms with Gasteiger partial charge in [0.15, 0.2) is 0 Å². The standard InChI is InChI=1S/C56H81F3N8O8/c1-8-40(5)37-55(9-2,42-24-18-15-13-11-10-12-14-16-19-25-42)44-36-48(69)67(52(44)72)35-21-17-20-27-46(56(57,58)59)65-49(39(3)4)51(71)64-45(26-22-33-61-53(60)73)50(70)63-43-31-29-41(30-32-43)38-75-54(74)62-34-23-28-47(68)66(6)7/h10-16,18-19,24-25,29-32,39-40,44-46,49,65H,8-9,17,20-23,26-28,33-38H2,1-7H3,(H,62,74)(H,63,70)(H,64,71)(H3,60,61,73)/b11-10-,12-10?,13-11?,14-12-,15-13-,16-14?,18-15?,19-16-,24-18?,25-19?,42-24?,42-25?/t40?,44?,45-,46-,49-,55?/m0/s1. The van der Waals surface area contributed by atoms with Crippen molar-refractivity contribution in [3.05, 3.63) is 102 Å². The zero-order chi connectivity index (χ0) is 55.6. The first-order chi connectivity index (χ1) is 35.6. The number of carbonyl (C=O) groups excluding carboxylic acids is 7. The summed E-state index contributed by atoms with van der Waals surface area (Å²) in [6.45, 7) is 9.77. The molecule has 3 rings (SSSR count). The maximum atomic E-state index is 14.7. The number of urea groups is 1. The first-order valence-corrected chi connectivity index (χ1v) is 26.2. The van der Waals surface area contributed by atoms with E-state index in [0.29, 0.717) is 36.9 Å². The fourth-order valence-electron chi connectivity index (χ4n) is 9.07. The van der Waals surface area contributed by atoms with Gasteiger partial charge < -0.3 is 36.6 Å². The van der Waals surface area contributed by atoms with Crippen molar-refractivity contribution >= 4 is 47.3 Å². The van der Waals surface area contributed by atoms with Crippen LogP contribution in [-0.2, 0) is 35.3 Å². The largest absolute Gasteiger partial charge is 0.445 e. The minimum Gasteiger partial charge on any atom is -0.445 e. The highest BCUT2D eigenvalue weighted by Gasteiger charge is 2.51. The molecule has 414 valence electrons. The van der Waals surface area contributed by atoms with E-state index in [2.05, 4.69) is 40.4 Å². The van der Waals surface area contributed by atoms with E-state index in [1.54, 1.807) is 52.2 Å². The molecule has 0 radical (unpaired) electrons. The number of anilines is 1. The number of carbonyl (C=O) groups is 7. The SMILES string of the molecule is CCC(C)CC(CC)(C1=C\C=C/C=C\C=C/C=C\C=C1)C1CC(=O)N(CCCCC[C@H](N[C@H](C(=O)N[C@@H](CCCNC(N)=O)C(=O)Nc2ccc(COC(=O)NCCCC(=O)N(C)C)cc2)C(C)C)C(F)(F)F)C1=O. The van der Waals surface area contributed by atoms with E-state index in [4.69, 9.17) is 10.5 Å². The number of unbranched alkanes of at least 4 members (excludes halogenated alkanes) is 2. The van der Waals surface area contributed by atoms with Crippen molar-refractivity contribution < 1.29 is 51.5 Å². The van der Waals surface area contributed by atoms with Crippen molar-refractivity contribution in [1.82, 2.24) is 31.1 Å². The third kappa shape index (κ3) is 21.3. The van der Waals surface area contributed by atoms with Gasteiger partial charge in [-0.2, -0.15) is 13.2 Å². The first kappa shape index (κ1) is 62.8. The Hall–Kier alpha value is -6.50. The summed E-state index contributed by atoms with van der Waals surface area (Å²) in [5, 5.41) is 12.9. The predicted molar refractivity (Wildman–Crippen MR) is 285 cm³/mol. The molecule has 1 aliphatic carbocycles. The Morgan fingerprint density at radius 1 is 0.813 bits per heavy atom. The van der Waals surface area contributed by atoms with E-state index in [1.807, 2.05) is 73.8 Å². The number of hydrogen-bond donors (Lipinski definition) is 6. The molecule has 0 spiro atoms. The molecule has 19 heteroatoms. The number of rotatable bonds is 29. The summed E-state index contributed by atoms with van der Waals surface area (Å²) in [5.41, 5.74) is 6.42. The fourth-order valence-corrected chi connectivity index (χ4v) is 9.07. The number of nitrogens with zero attached hydrogens (tertiary/aromatic N) is 2. The number of alkyl halides is 3. The van der Waals surface area contributed by atoms with Gasteiger partial charge >= 0.3 is 18.3 Å². The lowest BCUT2D eigenvalue weighted by Crippen LogP contribution is -2.58. The summed E-state index contributed by atoms with van der Waals surface area (Å²) >= 11 is 0. The predicted octanol–water partition coefficient (Wildman–Crippen LogP) is 8.69. The van der Waals surface area contributed by atoms with Crippen molar-refractivity contribution in [2.45, 2.75) is 143 Å². The van der Waals surface area contributed by atoms with E-state index in [-0.39, 0.29) is 94.8 Å². The van der Waals surface area contributed by atoms with Crippen LogP contribution in [0.4, 0.5) is 28.4 Å². The van der Waals surface area contributed by atoms with Crippen LogP contribution in [0.3, 0.4) is 0 Å². The molecule has 8 amide bonds. The number of amides is 8. The molecule has 1 aromatic carbocycles. The molecular formula is C56H81F3N8O8. The van der Waals surface area contributed by atoms with Crippen molar-refractivity contribution in [3.63, 3.8) is 0 Å². The van der Waals surface area contributed by atoms with Gasteiger partial charge in [-0.25, -0.2) is 9.59 Å². The second-order valence-electron chi connectivity index (χ2n) is 19.8. The Morgan fingerprint density at radius 2 is 1.45 bits per heavy atom. The summed E-state index contributed by atoms with van der Waals surface area (Å²) in [5.74, 6) is -3.13. The maximum absolute atomic E-state index is 14.7. The number of allylic oxidation sites excluding steroid dienone is 12. The Kier molecular flexibility index (Phi) is 26.8. The average Bonchev–Trinajstić information content (AvgIpc) is 3.64. The zero-order valence-electron chi connectivity index (χ0n) is 44.8. The van der Waals surface area contributed by atoms with E-state index in [0.717, 1.165) is 12.0 Å². The van der Waals surface area contributed by atoms with Gasteiger partial charge in [0.05, 0.1) is 12.0 Å². The molecule has 75 heavy (non-hydrogen) atoms. The van der Waals surface area contributed by atoms with E-state index < -0.39 is 65.5 Å². The third-order valence-corrected chi connectivity index (χ3v) is 13.6. The molecule has 2 aliphatic rings. The molecular weight excluding hydrogens is 970 g/mol. The van der Waals surface area contributed by atoms with Gasteiger partial charge in [-0.15, -0.1) is 0 Å². The quantitative estimate of drug-likeness (QED) is 0.0333. The topological polar surface area (TPSA) is 221 Å². The summed E-state index contributed by atoms with van der Waals surface area (Å²) in [6, 6.07) is 0.832. The highest BCUT2D eigenvalue weighted by Crippen LogP contribution is 2.50. The first-order valence-electron chi connectivity index (χ1n) is 26.2. The van der Waals surface area contributed by atoms with Gasteiger partial charge in [-0.05, 0) is 80.1 Å². The van der Waals surface area contributed by atoms with E-state index >= 15 is 0 Å². The number of nitrogens with two attached hydrogens (primary N) is 1. The normalized spacial score (nSPS) is 18.9. The zero-order valence-corrected chi connectivity index (χ0v) is 44.8. The number of hydrogen-bond acceptors (Lipinski definition) is 9. The van der Waals surface area contributed by atoms with Crippen LogP contribution < -0.4 is 32.3 Å². The Bertz CT molecular complexity index is 2240. The number of benzene rings is 1. The number of alkyl carbamates (subject to hydrolysis) is 1. The minimum absolute atomic E-state index is 0.00452. The van der Waals surface area contributed by atoms with Crippen LogP contribution in [0.15, 0.2) is 96.7 Å². The third-order valence-electron chi connectivity index (χ3n) is 13.6. The molecule has 3 unspecified atom stereocenters. The highest BCUT2D eigenvalue weighted by atomic mass is 19.4. The monoisotopic (exact) mass is 1050 g/mol. The number of primary amides is 1. The van der Waals surface area contributed by atoms with Crippen LogP contribution in [0.25, 0.3) is 0 Å². The smallest absolute Gasteiger partial charge is 0.407 e. The van der Waals surface area contributed by atoms with Crippen LogP contribution in [0.1, 0.15) is 117 Å². The van der Waals surface area contributed by atoms with Crippen molar-refractivity contribution in [2.24, 2.45) is 28.9 Å². The molecule has 1 aromatic rings. The molecule has 1 heterocycles. The lowest BCUT2D eigenvalue weighted by atomic mass is 9.62. The Morgan fingerprint density at radius 3 is 2.05 bits per heavy atom. The molecule has 1 aliphatic heterocycles. The summed E-state index contributed by atoms with van der Waals surface area (Å²) in [7, 11) is 3.29. The van der Waals surface area contributed by atoms with Crippen LogP contribution in [0.2, 0.25) is 0 Å². The Balaban J connectivity index is 1.66. The van der Waals surface area contributed by atoms with E-state index in [1.165, 1.54) is 9.80 Å². The van der Waals surface area contributed by atoms with Crippen molar-refractivity contribution in [3.8, 4) is 0 Å². The molecule has 6 atom stereocenters. The second kappa shape index (κ2) is 32.1. The number of nitrogens with one attached hydrogen (secondary N) is 5. The molecule has 1 saturated heterocycles. The van der Waals surface area contributed by atoms with Gasteiger partial charge in [0.25, 0.3) is 0 Å². The highest BCUT2D eigenvalue weighted by molar-refractivity contribution is 6.04. The summed E-state index contributed by atoms with van der Waals surface area (Å²) < 4.78 is 49.4. The van der Waals surface area contributed by atoms with Gasteiger partial charge in [-0.3, -0.25) is 34.2 Å². The summed E-state index contributed by atoms with van der Waals surface area (Å²) in [6.07, 6.45) is 19.3. The lowest BCUT2D eigenvalue weighted by molar-refractivity contribution is -0.161. The molecule has 16 nitrogen and oxygen atoms in total. The Labute approximate surface area is 441 Å². The van der Waals surface area contributed by atoms with Gasteiger partial charge in [0, 0.05) is 57.7 Å². The summed E-state index contributed by atoms with van der Waals surface area (Å²) in [4.78, 5) is 93.4. The van der Waals surface area contributed by atoms with Crippen LogP contribution >= 0.6 is 0 Å². The van der Waals surface area contributed by atoms with Crippen molar-refractivity contribution in [1.29, 1.82) is 0 Å². The molecule has 7 N–H and O–H groups in total. The number of likely N-dealkylation sites (tertiary alicyclic amines) is 1. The average molecular weight is 1050 g/mol. The van der Waals surface area contributed by atoms with Crippen molar-refractivity contribution in [2.75, 3.05) is 39.0 Å². The van der Waals surface area contributed by atoms with Gasteiger partial charge in [0.1, 0.15) is 18.7 Å².